The first-order valence-corrected chi connectivity index (χ1v) is 32.0. The third-order valence-corrected chi connectivity index (χ3v) is 16.8. The molecule has 0 saturated carbocycles. The Hall–Kier alpha value is -4.84. The van der Waals surface area contributed by atoms with Crippen molar-refractivity contribution in [2.75, 3.05) is 52.4 Å². The fourth-order valence-corrected chi connectivity index (χ4v) is 12.2. The molecule has 2 N–H and O–H groups in total. The second-order valence-electron chi connectivity index (χ2n) is 22.7. The monoisotopic (exact) mass is 1050 g/mol. The average molecular weight is 1050 g/mol. The number of rotatable bonds is 45. The average Bonchev–Trinajstić information content (AvgIpc) is 3.63. The lowest BCUT2D eigenvalue weighted by Gasteiger charge is -2.38. The van der Waals surface area contributed by atoms with Gasteiger partial charge in [-0.05, 0) is 59.3 Å². The largest absolute Gasteiger partial charge is 0.301 e. The standard InChI is InChI=1S/C74H106N4/c1-3-5-7-9-11-13-15-17-19-21-23-25-45-61-77(63-59-75-73(67-47-33-27-34-48-67,68-49-35-28-36-50-68)69-51-37-29-38-52-69)65-66-78(62-46-26-24-22-20-18-16-14-12-10-8-6-4-2)64-60-76-74(70-53-39-30-40-54-70,71-55-41-31-42-56-71)72-57-43-32-44-58-72/h27-44,47-58,75-76H,3-26,45-46,59-66H2,1-2H3. The van der Waals surface area contributed by atoms with Gasteiger partial charge in [0, 0.05) is 39.3 Å². The summed E-state index contributed by atoms with van der Waals surface area (Å²) in [5, 5.41) is 8.52. The van der Waals surface area contributed by atoms with Crippen LogP contribution in [0, 0.1) is 0 Å². The fourth-order valence-electron chi connectivity index (χ4n) is 12.2. The van der Waals surface area contributed by atoms with E-state index in [0.717, 1.165) is 52.4 Å². The lowest BCUT2D eigenvalue weighted by atomic mass is 9.77. The molecule has 0 atom stereocenters. The molecular weight excluding hydrogens is 945 g/mol. The van der Waals surface area contributed by atoms with Crippen LogP contribution in [0.15, 0.2) is 182 Å². The Bertz CT molecular complexity index is 1940. The van der Waals surface area contributed by atoms with Gasteiger partial charge in [-0.2, -0.15) is 0 Å². The molecule has 0 aromatic heterocycles. The van der Waals surface area contributed by atoms with E-state index in [-0.39, 0.29) is 0 Å². The van der Waals surface area contributed by atoms with Crippen LogP contribution in [0.3, 0.4) is 0 Å². The van der Waals surface area contributed by atoms with Crippen LogP contribution >= 0.6 is 0 Å². The molecular formula is C74H106N4. The quantitative estimate of drug-likeness (QED) is 0.0295. The van der Waals surface area contributed by atoms with Crippen molar-refractivity contribution < 1.29 is 0 Å². The normalized spacial score (nSPS) is 12.0. The molecule has 0 fully saturated rings. The molecule has 0 saturated heterocycles. The predicted molar refractivity (Wildman–Crippen MR) is 339 cm³/mol. The summed E-state index contributed by atoms with van der Waals surface area (Å²) in [6.07, 6.45) is 35.9. The number of unbranched alkanes of at least 4 members (excludes halogenated alkanes) is 24. The maximum absolute atomic E-state index is 4.26. The van der Waals surface area contributed by atoms with Gasteiger partial charge in [0.15, 0.2) is 0 Å². The lowest BCUT2D eigenvalue weighted by molar-refractivity contribution is 0.193. The molecule has 422 valence electrons. The van der Waals surface area contributed by atoms with Crippen molar-refractivity contribution >= 4 is 0 Å². The van der Waals surface area contributed by atoms with Gasteiger partial charge in [-0.1, -0.05) is 350 Å². The van der Waals surface area contributed by atoms with Crippen LogP contribution in [-0.4, -0.2) is 62.2 Å². The molecule has 0 aliphatic heterocycles. The minimum Gasteiger partial charge on any atom is -0.301 e. The Morgan fingerprint density at radius 2 is 0.423 bits per heavy atom. The zero-order valence-electron chi connectivity index (χ0n) is 49.3. The molecule has 0 bridgehead atoms. The first-order valence-electron chi connectivity index (χ1n) is 32.0. The zero-order chi connectivity index (χ0) is 54.3. The van der Waals surface area contributed by atoms with Crippen molar-refractivity contribution in [3.63, 3.8) is 0 Å². The number of hydrogen-bond donors (Lipinski definition) is 2. The smallest absolute Gasteiger partial charge is 0.0948 e. The zero-order valence-corrected chi connectivity index (χ0v) is 49.3. The van der Waals surface area contributed by atoms with Crippen molar-refractivity contribution in [2.24, 2.45) is 0 Å². The summed E-state index contributed by atoms with van der Waals surface area (Å²) in [6.45, 7) is 12.8. The third kappa shape index (κ3) is 21.3. The van der Waals surface area contributed by atoms with E-state index in [2.05, 4.69) is 216 Å². The van der Waals surface area contributed by atoms with Gasteiger partial charge in [-0.15, -0.1) is 0 Å². The first-order chi connectivity index (χ1) is 38.7. The molecule has 0 aliphatic rings. The van der Waals surface area contributed by atoms with E-state index in [1.807, 2.05) is 0 Å². The van der Waals surface area contributed by atoms with Gasteiger partial charge >= 0.3 is 0 Å². The van der Waals surface area contributed by atoms with Crippen molar-refractivity contribution in [2.45, 2.75) is 192 Å². The molecule has 0 unspecified atom stereocenters. The van der Waals surface area contributed by atoms with E-state index in [1.54, 1.807) is 0 Å². The van der Waals surface area contributed by atoms with Crippen molar-refractivity contribution in [1.82, 2.24) is 20.4 Å². The highest BCUT2D eigenvalue weighted by atomic mass is 15.2. The minimum absolute atomic E-state index is 0.473. The summed E-state index contributed by atoms with van der Waals surface area (Å²) < 4.78 is 0. The number of hydrogen-bond acceptors (Lipinski definition) is 4. The van der Waals surface area contributed by atoms with Gasteiger partial charge in [0.05, 0.1) is 11.1 Å². The Morgan fingerprint density at radius 1 is 0.231 bits per heavy atom. The van der Waals surface area contributed by atoms with Gasteiger partial charge in [0.1, 0.15) is 0 Å². The molecule has 6 aromatic rings. The van der Waals surface area contributed by atoms with Gasteiger partial charge in [-0.3, -0.25) is 10.6 Å². The van der Waals surface area contributed by atoms with E-state index in [9.17, 15) is 0 Å². The van der Waals surface area contributed by atoms with Crippen molar-refractivity contribution in [3.8, 4) is 0 Å². The first kappa shape index (κ1) is 62.4. The second-order valence-corrected chi connectivity index (χ2v) is 22.7. The lowest BCUT2D eigenvalue weighted by Crippen LogP contribution is -2.49. The summed E-state index contributed by atoms with van der Waals surface area (Å²) in [5.41, 5.74) is 6.72. The van der Waals surface area contributed by atoms with Crippen molar-refractivity contribution in [3.05, 3.63) is 215 Å². The highest BCUT2D eigenvalue weighted by molar-refractivity contribution is 5.51. The SMILES string of the molecule is CCCCCCCCCCCCCCCN(CCNC(c1ccccc1)(c1ccccc1)c1ccccc1)CCN(CCCCCCCCCCCCCCC)CCNC(c1ccccc1)(c1ccccc1)c1ccccc1. The van der Waals surface area contributed by atoms with Gasteiger partial charge in [0.2, 0.25) is 0 Å². The summed E-state index contributed by atoms with van der Waals surface area (Å²) in [4.78, 5) is 5.62. The Kier molecular flexibility index (Phi) is 30.9. The fraction of sp³-hybridized carbons (Fsp3) is 0.514. The molecule has 4 heteroatoms. The molecule has 78 heavy (non-hydrogen) atoms. The highest BCUT2D eigenvalue weighted by Gasteiger charge is 2.37. The van der Waals surface area contributed by atoms with Crippen molar-refractivity contribution in [1.29, 1.82) is 0 Å². The van der Waals surface area contributed by atoms with Crippen LogP contribution in [0.4, 0.5) is 0 Å². The third-order valence-electron chi connectivity index (χ3n) is 16.8. The maximum Gasteiger partial charge on any atom is 0.0948 e. The highest BCUT2D eigenvalue weighted by Crippen LogP contribution is 2.38. The summed E-state index contributed by atoms with van der Waals surface area (Å²) >= 11 is 0. The summed E-state index contributed by atoms with van der Waals surface area (Å²) in [5.74, 6) is 0. The molecule has 0 amide bonds. The number of benzene rings is 6. The van der Waals surface area contributed by atoms with Gasteiger partial charge in [-0.25, -0.2) is 0 Å². The molecule has 0 radical (unpaired) electrons. The van der Waals surface area contributed by atoms with Gasteiger partial charge in [0.25, 0.3) is 0 Å². The molecule has 0 aliphatic carbocycles. The van der Waals surface area contributed by atoms with E-state index < -0.39 is 11.1 Å². The minimum atomic E-state index is -0.473. The van der Waals surface area contributed by atoms with Crippen LogP contribution in [0.2, 0.25) is 0 Å². The molecule has 0 spiro atoms. The molecule has 6 rings (SSSR count). The van der Waals surface area contributed by atoms with E-state index in [0.29, 0.717) is 0 Å². The molecule has 6 aromatic carbocycles. The topological polar surface area (TPSA) is 30.5 Å². The predicted octanol–water partition coefficient (Wildman–Crippen LogP) is 18.9. The second kappa shape index (κ2) is 38.7. The van der Waals surface area contributed by atoms with Crippen LogP contribution in [0.5, 0.6) is 0 Å². The van der Waals surface area contributed by atoms with Crippen LogP contribution < -0.4 is 10.6 Å². The van der Waals surface area contributed by atoms with E-state index in [4.69, 9.17) is 0 Å². The van der Waals surface area contributed by atoms with Crippen LogP contribution in [-0.2, 0) is 11.1 Å². The van der Waals surface area contributed by atoms with E-state index in [1.165, 1.54) is 200 Å². The number of nitrogens with one attached hydrogen (secondary N) is 2. The number of nitrogens with zero attached hydrogens (tertiary/aromatic N) is 2. The Morgan fingerprint density at radius 3 is 0.628 bits per heavy atom. The molecule has 4 nitrogen and oxygen atoms in total. The Labute approximate surface area is 477 Å². The van der Waals surface area contributed by atoms with Crippen LogP contribution in [0.25, 0.3) is 0 Å². The summed E-state index contributed by atoms with van der Waals surface area (Å²) in [6, 6.07) is 66.9. The van der Waals surface area contributed by atoms with E-state index >= 15 is 0 Å². The van der Waals surface area contributed by atoms with Crippen LogP contribution in [0.1, 0.15) is 214 Å². The van der Waals surface area contributed by atoms with Gasteiger partial charge < -0.3 is 9.80 Å². The molecule has 0 heterocycles. The maximum atomic E-state index is 4.26. The Balaban J connectivity index is 1.16. The summed E-state index contributed by atoms with van der Waals surface area (Å²) in [7, 11) is 0.